The van der Waals surface area contributed by atoms with Crippen LogP contribution in [-0.2, 0) is 0 Å². The fraction of sp³-hybridized carbons (Fsp3) is 0.222. The van der Waals surface area contributed by atoms with E-state index in [4.69, 9.17) is 21.7 Å². The molecule has 178 valence electrons. The lowest BCUT2D eigenvalue weighted by Gasteiger charge is -2.29. The summed E-state index contributed by atoms with van der Waals surface area (Å²) in [4.78, 5) is 11.1. The zero-order chi connectivity index (χ0) is 24.5. The van der Waals surface area contributed by atoms with E-state index in [-0.39, 0.29) is 12.1 Å². The zero-order valence-electron chi connectivity index (χ0n) is 20.1. The van der Waals surface area contributed by atoms with Gasteiger partial charge in [-0.1, -0.05) is 6.07 Å². The van der Waals surface area contributed by atoms with E-state index in [1.165, 1.54) is 0 Å². The standard InChI is InChI=1S/C27H27N5O2S/c1-17-14-21(18(2)31(17)19-8-7-12-28-16-19)26-25(22-9-5-6-13-29-22)30-27(35)32(26)23-11-10-20(33-3)15-24(23)34-4/h5-16,25-26H,1-4H3,(H,30,35). The van der Waals surface area contributed by atoms with Crippen LogP contribution in [0.4, 0.5) is 5.69 Å². The molecule has 3 aromatic heterocycles. The van der Waals surface area contributed by atoms with Gasteiger partial charge in [-0.05, 0) is 74.1 Å². The molecule has 1 aromatic carbocycles. The summed E-state index contributed by atoms with van der Waals surface area (Å²) < 4.78 is 13.4. The van der Waals surface area contributed by atoms with Gasteiger partial charge in [-0.3, -0.25) is 9.97 Å². The summed E-state index contributed by atoms with van der Waals surface area (Å²) in [5.41, 5.74) is 6.18. The van der Waals surface area contributed by atoms with Crippen LogP contribution in [0.3, 0.4) is 0 Å². The maximum absolute atomic E-state index is 5.91. The highest BCUT2D eigenvalue weighted by atomic mass is 32.1. The second kappa shape index (κ2) is 9.38. The molecular weight excluding hydrogens is 458 g/mol. The molecule has 0 saturated carbocycles. The molecule has 4 aromatic rings. The molecule has 0 aliphatic carbocycles. The van der Waals surface area contributed by atoms with Gasteiger partial charge in [0.15, 0.2) is 5.11 Å². The van der Waals surface area contributed by atoms with Crippen LogP contribution in [0.25, 0.3) is 5.69 Å². The number of methoxy groups -OCH3 is 2. The number of ether oxygens (including phenoxy) is 2. The smallest absolute Gasteiger partial charge is 0.174 e. The average molecular weight is 486 g/mol. The van der Waals surface area contributed by atoms with Crippen LogP contribution in [-0.4, -0.2) is 33.9 Å². The Morgan fingerprint density at radius 3 is 2.51 bits per heavy atom. The molecule has 4 heterocycles. The van der Waals surface area contributed by atoms with Crippen LogP contribution >= 0.6 is 12.2 Å². The Bertz CT molecular complexity index is 1360. The highest BCUT2D eigenvalue weighted by molar-refractivity contribution is 7.80. The molecule has 1 N–H and O–H groups in total. The van der Waals surface area contributed by atoms with E-state index in [1.54, 1.807) is 20.4 Å². The molecule has 0 spiro atoms. The Balaban J connectivity index is 1.70. The Morgan fingerprint density at radius 1 is 0.971 bits per heavy atom. The number of nitrogens with one attached hydrogen (secondary N) is 1. The third-order valence-corrected chi connectivity index (χ3v) is 6.75. The van der Waals surface area contributed by atoms with E-state index < -0.39 is 0 Å². The van der Waals surface area contributed by atoms with Crippen LogP contribution in [0.2, 0.25) is 0 Å². The van der Waals surface area contributed by atoms with Crippen molar-refractivity contribution in [2.24, 2.45) is 0 Å². The number of hydrogen-bond donors (Lipinski definition) is 1. The summed E-state index contributed by atoms with van der Waals surface area (Å²) in [6.07, 6.45) is 5.47. The van der Waals surface area contributed by atoms with E-state index in [0.717, 1.165) is 39.8 Å². The Hall–Kier alpha value is -3.91. The molecule has 2 atom stereocenters. The molecule has 2 unspecified atom stereocenters. The molecule has 8 heteroatoms. The second-order valence-electron chi connectivity index (χ2n) is 8.41. The van der Waals surface area contributed by atoms with Crippen LogP contribution < -0.4 is 19.7 Å². The maximum atomic E-state index is 5.91. The van der Waals surface area contributed by atoms with Crippen LogP contribution in [0.1, 0.15) is 34.7 Å². The normalized spacial score (nSPS) is 17.4. The molecule has 1 saturated heterocycles. The van der Waals surface area contributed by atoms with Gasteiger partial charge in [-0.2, -0.15) is 0 Å². The summed E-state index contributed by atoms with van der Waals surface area (Å²) in [6, 6.07) is 17.7. The van der Waals surface area contributed by atoms with Crippen molar-refractivity contribution in [1.82, 2.24) is 19.9 Å². The van der Waals surface area contributed by atoms with Crippen molar-refractivity contribution in [3.63, 3.8) is 0 Å². The van der Waals surface area contributed by atoms with Gasteiger partial charge in [0.25, 0.3) is 0 Å². The predicted octanol–water partition coefficient (Wildman–Crippen LogP) is 5.08. The van der Waals surface area contributed by atoms with Crippen molar-refractivity contribution >= 4 is 23.0 Å². The Morgan fingerprint density at radius 2 is 1.83 bits per heavy atom. The zero-order valence-corrected chi connectivity index (χ0v) is 20.9. The first-order chi connectivity index (χ1) is 17.0. The molecule has 7 nitrogen and oxygen atoms in total. The SMILES string of the molecule is COc1ccc(N2C(=S)NC(c3ccccn3)C2c2cc(C)n(-c3cccnc3)c2C)c(OC)c1. The number of anilines is 1. The molecule has 5 rings (SSSR count). The summed E-state index contributed by atoms with van der Waals surface area (Å²) in [5.74, 6) is 1.40. The lowest BCUT2D eigenvalue weighted by Crippen LogP contribution is -2.30. The number of rotatable bonds is 6. The molecule has 1 aliphatic heterocycles. The number of hydrogen-bond acceptors (Lipinski definition) is 5. The first-order valence-corrected chi connectivity index (χ1v) is 11.8. The van der Waals surface area contributed by atoms with E-state index in [0.29, 0.717) is 10.9 Å². The van der Waals surface area contributed by atoms with Crippen LogP contribution in [0.5, 0.6) is 11.5 Å². The minimum absolute atomic E-state index is 0.154. The monoisotopic (exact) mass is 485 g/mol. The van der Waals surface area contributed by atoms with Crippen molar-refractivity contribution in [3.8, 4) is 17.2 Å². The van der Waals surface area contributed by atoms with Gasteiger partial charge in [-0.25, -0.2) is 0 Å². The lowest BCUT2D eigenvalue weighted by molar-refractivity contribution is 0.394. The van der Waals surface area contributed by atoms with Crippen LogP contribution in [0, 0.1) is 13.8 Å². The number of aryl methyl sites for hydroxylation is 1. The van der Waals surface area contributed by atoms with Crippen molar-refractivity contribution < 1.29 is 9.47 Å². The third kappa shape index (κ3) is 4.00. The van der Waals surface area contributed by atoms with E-state index >= 15 is 0 Å². The lowest BCUT2D eigenvalue weighted by atomic mass is 9.96. The van der Waals surface area contributed by atoms with Gasteiger partial charge in [0, 0.05) is 29.8 Å². The third-order valence-electron chi connectivity index (χ3n) is 6.44. The Labute approximate surface area is 210 Å². The van der Waals surface area contributed by atoms with Gasteiger partial charge in [0.1, 0.15) is 11.5 Å². The number of nitrogens with zero attached hydrogens (tertiary/aromatic N) is 4. The minimum Gasteiger partial charge on any atom is -0.497 e. The molecule has 0 bridgehead atoms. The summed E-state index contributed by atoms with van der Waals surface area (Å²) in [6.45, 7) is 4.24. The number of pyridine rings is 2. The highest BCUT2D eigenvalue weighted by Crippen LogP contribution is 2.46. The van der Waals surface area contributed by atoms with Gasteiger partial charge in [0.05, 0.1) is 49.6 Å². The minimum atomic E-state index is -0.156. The maximum Gasteiger partial charge on any atom is 0.174 e. The highest BCUT2D eigenvalue weighted by Gasteiger charge is 2.43. The van der Waals surface area contributed by atoms with E-state index in [9.17, 15) is 0 Å². The molecule has 1 aliphatic rings. The molecular formula is C27H27N5O2S. The summed E-state index contributed by atoms with van der Waals surface area (Å²) in [5, 5.41) is 4.14. The Kier molecular flexibility index (Phi) is 6.13. The molecule has 0 amide bonds. The van der Waals surface area contributed by atoms with Gasteiger partial charge < -0.3 is 24.3 Å². The van der Waals surface area contributed by atoms with Crippen molar-refractivity contribution in [1.29, 1.82) is 0 Å². The number of aromatic nitrogens is 3. The van der Waals surface area contributed by atoms with Crippen molar-refractivity contribution in [2.75, 3.05) is 19.1 Å². The largest absolute Gasteiger partial charge is 0.497 e. The second-order valence-corrected chi connectivity index (χ2v) is 8.79. The first-order valence-electron chi connectivity index (χ1n) is 11.4. The van der Waals surface area contributed by atoms with Crippen molar-refractivity contribution in [3.05, 3.63) is 95.8 Å². The topological polar surface area (TPSA) is 64.4 Å². The van der Waals surface area contributed by atoms with E-state index in [2.05, 4.69) is 50.7 Å². The summed E-state index contributed by atoms with van der Waals surface area (Å²) >= 11 is 5.91. The number of benzene rings is 1. The quantitative estimate of drug-likeness (QED) is 0.382. The number of thiocarbonyl (C=S) groups is 1. The molecule has 0 radical (unpaired) electrons. The van der Waals surface area contributed by atoms with Crippen molar-refractivity contribution in [2.45, 2.75) is 25.9 Å². The van der Waals surface area contributed by atoms with Crippen LogP contribution in [0.15, 0.2) is 73.2 Å². The van der Waals surface area contributed by atoms with Gasteiger partial charge in [0.2, 0.25) is 0 Å². The van der Waals surface area contributed by atoms with Gasteiger partial charge in [-0.15, -0.1) is 0 Å². The molecule has 35 heavy (non-hydrogen) atoms. The van der Waals surface area contributed by atoms with E-state index in [1.807, 2.05) is 54.9 Å². The predicted molar refractivity (Wildman–Crippen MR) is 141 cm³/mol. The first kappa shape index (κ1) is 22.9. The summed E-state index contributed by atoms with van der Waals surface area (Å²) in [7, 11) is 3.30. The fourth-order valence-corrected chi connectivity index (χ4v) is 5.22. The average Bonchev–Trinajstić information content (AvgIpc) is 3.39. The molecule has 1 fully saturated rings. The van der Waals surface area contributed by atoms with Gasteiger partial charge >= 0.3 is 0 Å². The fourth-order valence-electron chi connectivity index (χ4n) is 4.88.